The lowest BCUT2D eigenvalue weighted by Crippen LogP contribution is -2.47. The Morgan fingerprint density at radius 2 is 2.00 bits per heavy atom. The maximum absolute atomic E-state index is 13.2. The van der Waals surface area contributed by atoms with Crippen molar-refractivity contribution in [1.82, 2.24) is 19.2 Å². The summed E-state index contributed by atoms with van der Waals surface area (Å²) in [5, 5.41) is 0. The van der Waals surface area contributed by atoms with Crippen molar-refractivity contribution in [1.29, 1.82) is 0 Å². The van der Waals surface area contributed by atoms with Gasteiger partial charge in [-0.05, 0) is 49.7 Å². The molecule has 142 valence electrons. The van der Waals surface area contributed by atoms with Crippen molar-refractivity contribution in [3.8, 4) is 0 Å². The molecule has 3 aliphatic heterocycles. The van der Waals surface area contributed by atoms with Gasteiger partial charge in [0, 0.05) is 44.6 Å². The third-order valence-electron chi connectivity index (χ3n) is 6.68. The summed E-state index contributed by atoms with van der Waals surface area (Å²) in [4.78, 5) is 34.8. The first kappa shape index (κ1) is 16.9. The summed E-state index contributed by atoms with van der Waals surface area (Å²) in [5.41, 5.74) is 0.487. The second kappa shape index (κ2) is 6.75. The molecule has 2 atom stereocenters. The summed E-state index contributed by atoms with van der Waals surface area (Å²) < 4.78 is 1.46. The Bertz CT molecular complexity index is 920. The molecule has 1 aliphatic carbocycles. The Hall–Kier alpha value is -2.21. The van der Waals surface area contributed by atoms with E-state index in [9.17, 15) is 9.59 Å². The quantitative estimate of drug-likeness (QED) is 0.834. The monoisotopic (exact) mass is 366 g/mol. The first-order valence-corrected chi connectivity index (χ1v) is 10.2. The first-order valence-electron chi connectivity index (χ1n) is 10.2. The summed E-state index contributed by atoms with van der Waals surface area (Å²) in [7, 11) is 0. The zero-order valence-corrected chi connectivity index (χ0v) is 15.6. The van der Waals surface area contributed by atoms with Gasteiger partial charge in [0.25, 0.3) is 11.5 Å². The fraction of sp³-hybridized carbons (Fsp3) is 0.571. The van der Waals surface area contributed by atoms with Gasteiger partial charge in [-0.25, -0.2) is 4.98 Å². The van der Waals surface area contributed by atoms with Crippen molar-refractivity contribution in [2.45, 2.75) is 38.1 Å². The third kappa shape index (κ3) is 3.06. The van der Waals surface area contributed by atoms with Crippen LogP contribution in [0.3, 0.4) is 0 Å². The van der Waals surface area contributed by atoms with Crippen molar-refractivity contribution in [3.05, 3.63) is 46.5 Å². The third-order valence-corrected chi connectivity index (χ3v) is 6.68. The Balaban J connectivity index is 1.39. The van der Waals surface area contributed by atoms with Gasteiger partial charge in [0.1, 0.15) is 11.2 Å². The van der Waals surface area contributed by atoms with E-state index in [1.165, 1.54) is 42.8 Å². The van der Waals surface area contributed by atoms with Crippen LogP contribution in [-0.4, -0.2) is 57.3 Å². The molecule has 2 bridgehead atoms. The molecule has 0 aromatic carbocycles. The number of carbonyl (C=O) groups excluding carboxylic acids is 1. The van der Waals surface area contributed by atoms with Gasteiger partial charge < -0.3 is 4.90 Å². The average Bonchev–Trinajstić information content (AvgIpc) is 2.97. The molecule has 0 unspecified atom stereocenters. The SMILES string of the molecule is O=C(c1cnc2ccccn2c1=O)N1C[C@@H]2CC[C@H](C1)N(CC1CCC1)C2. The molecule has 6 rings (SSSR count). The van der Waals surface area contributed by atoms with E-state index in [0.29, 0.717) is 17.6 Å². The molecule has 3 saturated heterocycles. The van der Waals surface area contributed by atoms with Crippen LogP contribution in [0.1, 0.15) is 42.5 Å². The highest BCUT2D eigenvalue weighted by molar-refractivity contribution is 5.93. The van der Waals surface area contributed by atoms with Gasteiger partial charge in [0.15, 0.2) is 0 Å². The van der Waals surface area contributed by atoms with E-state index >= 15 is 0 Å². The predicted octanol–water partition coefficient (Wildman–Crippen LogP) is 2.03. The van der Waals surface area contributed by atoms with Crippen molar-refractivity contribution in [2.24, 2.45) is 11.8 Å². The van der Waals surface area contributed by atoms with E-state index in [1.54, 1.807) is 18.3 Å². The first-order chi connectivity index (χ1) is 13.2. The lowest BCUT2D eigenvalue weighted by atomic mass is 9.83. The van der Waals surface area contributed by atoms with E-state index in [1.807, 2.05) is 11.0 Å². The Labute approximate surface area is 158 Å². The van der Waals surface area contributed by atoms with Crippen LogP contribution in [0.15, 0.2) is 35.4 Å². The number of carbonyl (C=O) groups is 1. The molecular weight excluding hydrogens is 340 g/mol. The molecule has 0 N–H and O–H groups in total. The molecule has 1 saturated carbocycles. The minimum atomic E-state index is -0.270. The van der Waals surface area contributed by atoms with E-state index in [4.69, 9.17) is 0 Å². The van der Waals surface area contributed by atoms with Crippen LogP contribution in [0.25, 0.3) is 5.65 Å². The zero-order valence-electron chi connectivity index (χ0n) is 15.6. The highest BCUT2D eigenvalue weighted by Crippen LogP contribution is 2.33. The standard InChI is InChI=1S/C21H26N4O2/c26-20(18-10-22-19-6-1-2-9-25(19)21(18)27)24-13-16-7-8-17(14-24)23(12-16)11-15-4-3-5-15/h1-2,6,9-10,15-17H,3-5,7-8,11-14H2/t16-,17-/m1/s1. The van der Waals surface area contributed by atoms with E-state index in [-0.39, 0.29) is 17.0 Å². The maximum atomic E-state index is 13.2. The second-order valence-electron chi connectivity index (χ2n) is 8.46. The summed E-state index contributed by atoms with van der Waals surface area (Å²) in [6.07, 6.45) is 9.57. The normalized spacial score (nSPS) is 26.1. The number of hydrogen-bond donors (Lipinski definition) is 0. The molecule has 6 heteroatoms. The van der Waals surface area contributed by atoms with Crippen molar-refractivity contribution < 1.29 is 4.79 Å². The van der Waals surface area contributed by atoms with Crippen LogP contribution in [0.2, 0.25) is 0 Å². The summed E-state index contributed by atoms with van der Waals surface area (Å²) in [6, 6.07) is 5.84. The number of aromatic nitrogens is 2. The maximum Gasteiger partial charge on any atom is 0.270 e. The van der Waals surface area contributed by atoms with Crippen molar-refractivity contribution >= 4 is 11.6 Å². The van der Waals surface area contributed by atoms with Crippen LogP contribution in [-0.2, 0) is 0 Å². The number of hydrogen-bond acceptors (Lipinski definition) is 4. The molecule has 2 aromatic rings. The van der Waals surface area contributed by atoms with Gasteiger partial charge in [0.2, 0.25) is 0 Å². The van der Waals surface area contributed by atoms with E-state index in [2.05, 4.69) is 9.88 Å². The number of rotatable bonds is 3. The largest absolute Gasteiger partial charge is 0.337 e. The van der Waals surface area contributed by atoms with Gasteiger partial charge >= 0.3 is 0 Å². The molecule has 6 nitrogen and oxygen atoms in total. The number of nitrogens with zero attached hydrogens (tertiary/aromatic N) is 4. The second-order valence-corrected chi connectivity index (χ2v) is 8.46. The molecule has 1 amide bonds. The summed E-state index contributed by atoms with van der Waals surface area (Å²) in [5.74, 6) is 1.21. The van der Waals surface area contributed by atoms with Crippen LogP contribution in [0.5, 0.6) is 0 Å². The molecule has 4 fully saturated rings. The van der Waals surface area contributed by atoms with E-state index in [0.717, 1.165) is 32.0 Å². The lowest BCUT2D eigenvalue weighted by Gasteiger charge is -2.40. The van der Waals surface area contributed by atoms with Crippen LogP contribution >= 0.6 is 0 Å². The highest BCUT2D eigenvalue weighted by atomic mass is 16.2. The van der Waals surface area contributed by atoms with Crippen LogP contribution in [0.4, 0.5) is 0 Å². The fourth-order valence-electron chi connectivity index (χ4n) is 4.92. The van der Waals surface area contributed by atoms with Gasteiger partial charge in [-0.3, -0.25) is 18.9 Å². The number of fused-ring (bicyclic) bond motifs is 5. The lowest BCUT2D eigenvalue weighted by molar-refractivity contribution is 0.0715. The smallest absolute Gasteiger partial charge is 0.270 e. The molecule has 0 spiro atoms. The van der Waals surface area contributed by atoms with E-state index < -0.39 is 0 Å². The Morgan fingerprint density at radius 1 is 1.11 bits per heavy atom. The molecule has 0 radical (unpaired) electrons. The van der Waals surface area contributed by atoms with Crippen LogP contribution in [0, 0.1) is 11.8 Å². The zero-order chi connectivity index (χ0) is 18.4. The van der Waals surface area contributed by atoms with Gasteiger partial charge in [-0.1, -0.05) is 12.5 Å². The van der Waals surface area contributed by atoms with Crippen molar-refractivity contribution in [3.63, 3.8) is 0 Å². The number of piperidine rings is 1. The van der Waals surface area contributed by atoms with Gasteiger partial charge in [-0.2, -0.15) is 0 Å². The molecule has 2 aromatic heterocycles. The van der Waals surface area contributed by atoms with Crippen LogP contribution < -0.4 is 5.56 Å². The predicted molar refractivity (Wildman–Crippen MR) is 103 cm³/mol. The summed E-state index contributed by atoms with van der Waals surface area (Å²) in [6.45, 7) is 3.77. The number of amides is 1. The fourth-order valence-corrected chi connectivity index (χ4v) is 4.92. The number of pyridine rings is 1. The molecule has 4 aliphatic rings. The Morgan fingerprint density at radius 3 is 2.81 bits per heavy atom. The average molecular weight is 366 g/mol. The molecular formula is C21H26N4O2. The van der Waals surface area contributed by atoms with Crippen molar-refractivity contribution in [2.75, 3.05) is 26.2 Å². The van der Waals surface area contributed by atoms with Gasteiger partial charge in [0.05, 0.1) is 0 Å². The highest BCUT2D eigenvalue weighted by Gasteiger charge is 2.38. The topological polar surface area (TPSA) is 57.9 Å². The Kier molecular flexibility index (Phi) is 4.23. The minimum absolute atomic E-state index is 0.159. The van der Waals surface area contributed by atoms with Gasteiger partial charge in [-0.15, -0.1) is 0 Å². The molecule has 27 heavy (non-hydrogen) atoms. The molecule has 5 heterocycles. The minimum Gasteiger partial charge on any atom is -0.337 e. The summed E-state index contributed by atoms with van der Waals surface area (Å²) >= 11 is 0.